The van der Waals surface area contributed by atoms with Gasteiger partial charge in [0, 0.05) is 17.8 Å². The van der Waals surface area contributed by atoms with Gasteiger partial charge in [0.15, 0.2) is 17.5 Å². The van der Waals surface area contributed by atoms with Crippen molar-refractivity contribution >= 4 is 23.6 Å². The molecule has 0 aliphatic rings. The summed E-state index contributed by atoms with van der Waals surface area (Å²) in [6, 6.07) is 0.135. The predicted octanol–water partition coefficient (Wildman–Crippen LogP) is 0.426. The van der Waals surface area contributed by atoms with Crippen molar-refractivity contribution in [1.82, 2.24) is 10.6 Å². The Labute approximate surface area is 116 Å². The number of halogens is 3. The van der Waals surface area contributed by atoms with Crippen molar-refractivity contribution in [2.24, 2.45) is 0 Å². The lowest BCUT2D eigenvalue weighted by Gasteiger charge is -2.08. The van der Waals surface area contributed by atoms with Crippen LogP contribution in [0.1, 0.15) is 0 Å². The number of benzene rings is 1. The number of carboxylic acids is 1. The molecule has 1 aromatic carbocycles. The van der Waals surface area contributed by atoms with E-state index in [1.807, 2.05) is 16.0 Å². The van der Waals surface area contributed by atoms with E-state index < -0.39 is 48.4 Å². The zero-order valence-electron chi connectivity index (χ0n) is 10.4. The van der Waals surface area contributed by atoms with Crippen LogP contribution in [0.3, 0.4) is 0 Å². The molecule has 7 nitrogen and oxygen atoms in total. The molecule has 10 heteroatoms. The maximum Gasteiger partial charge on any atom is 0.322 e. The number of carboxylic acid groups (broad SMARTS) is 1. The van der Waals surface area contributed by atoms with Crippen LogP contribution in [0.5, 0.6) is 0 Å². The number of urea groups is 1. The van der Waals surface area contributed by atoms with E-state index in [0.717, 1.165) is 0 Å². The molecule has 0 unspecified atom stereocenters. The van der Waals surface area contributed by atoms with Gasteiger partial charge >= 0.3 is 12.0 Å². The van der Waals surface area contributed by atoms with Gasteiger partial charge in [0.2, 0.25) is 5.91 Å². The van der Waals surface area contributed by atoms with Gasteiger partial charge in [-0.25, -0.2) is 18.0 Å². The topological polar surface area (TPSA) is 108 Å². The summed E-state index contributed by atoms with van der Waals surface area (Å²) in [6.45, 7) is -1.16. The van der Waals surface area contributed by atoms with Crippen molar-refractivity contribution in [2.45, 2.75) is 0 Å². The molecular weight excluding hydrogens is 295 g/mol. The largest absolute Gasteiger partial charge is 0.480 e. The fourth-order valence-electron chi connectivity index (χ4n) is 1.20. The third-order valence-corrected chi connectivity index (χ3v) is 2.09. The van der Waals surface area contributed by atoms with Crippen molar-refractivity contribution in [3.63, 3.8) is 0 Å². The molecule has 114 valence electrons. The first-order valence-electron chi connectivity index (χ1n) is 5.47. The van der Waals surface area contributed by atoms with Gasteiger partial charge in [-0.2, -0.15) is 0 Å². The van der Waals surface area contributed by atoms with Crippen molar-refractivity contribution in [1.29, 1.82) is 0 Å². The van der Waals surface area contributed by atoms with E-state index in [1.54, 1.807) is 0 Å². The third kappa shape index (κ3) is 5.38. The standard InChI is InChI=1S/C11H10F3N3O4/c12-6-1-5(2-7(13)10(6)14)17-11(21)16-3-8(18)15-4-9(19)20/h1-2H,3-4H2,(H,15,18)(H,19,20)(H2,16,17,21). The second kappa shape index (κ2) is 7.12. The summed E-state index contributed by atoms with van der Waals surface area (Å²) in [5.74, 6) is -6.67. The van der Waals surface area contributed by atoms with Crippen LogP contribution in [0.2, 0.25) is 0 Å². The van der Waals surface area contributed by atoms with Gasteiger partial charge in [-0.05, 0) is 0 Å². The molecule has 0 aliphatic heterocycles. The highest BCUT2D eigenvalue weighted by atomic mass is 19.2. The van der Waals surface area contributed by atoms with Gasteiger partial charge in [0.1, 0.15) is 6.54 Å². The highest BCUT2D eigenvalue weighted by Gasteiger charge is 2.12. The first-order chi connectivity index (χ1) is 9.79. The minimum absolute atomic E-state index is 0.352. The molecule has 0 aromatic heterocycles. The second-order valence-corrected chi connectivity index (χ2v) is 3.73. The van der Waals surface area contributed by atoms with Crippen LogP contribution in [0.15, 0.2) is 12.1 Å². The molecule has 0 aliphatic carbocycles. The lowest BCUT2D eigenvalue weighted by molar-refractivity contribution is -0.137. The van der Waals surface area contributed by atoms with Crippen LogP contribution in [-0.4, -0.2) is 36.1 Å². The summed E-state index contributed by atoms with van der Waals surface area (Å²) in [4.78, 5) is 32.5. The molecule has 21 heavy (non-hydrogen) atoms. The molecule has 0 spiro atoms. The van der Waals surface area contributed by atoms with E-state index in [1.165, 1.54) is 0 Å². The zero-order valence-corrected chi connectivity index (χ0v) is 10.4. The minimum Gasteiger partial charge on any atom is -0.480 e. The van der Waals surface area contributed by atoms with E-state index in [4.69, 9.17) is 5.11 Å². The SMILES string of the molecule is O=C(O)CNC(=O)CNC(=O)Nc1cc(F)c(F)c(F)c1. The van der Waals surface area contributed by atoms with Gasteiger partial charge in [-0.3, -0.25) is 9.59 Å². The Hall–Kier alpha value is -2.78. The van der Waals surface area contributed by atoms with E-state index in [9.17, 15) is 27.6 Å². The van der Waals surface area contributed by atoms with Crippen LogP contribution < -0.4 is 16.0 Å². The molecule has 3 amide bonds. The molecule has 4 N–H and O–H groups in total. The third-order valence-electron chi connectivity index (χ3n) is 2.09. The summed E-state index contributed by atoms with van der Waals surface area (Å²) < 4.78 is 38.4. The van der Waals surface area contributed by atoms with E-state index in [2.05, 4.69) is 0 Å². The van der Waals surface area contributed by atoms with Crippen molar-refractivity contribution in [2.75, 3.05) is 18.4 Å². The zero-order chi connectivity index (χ0) is 16.0. The molecule has 0 saturated carbocycles. The van der Waals surface area contributed by atoms with E-state index >= 15 is 0 Å². The normalized spacial score (nSPS) is 9.86. The average molecular weight is 305 g/mol. The number of carbonyl (C=O) groups excluding carboxylic acids is 2. The van der Waals surface area contributed by atoms with Crippen LogP contribution >= 0.6 is 0 Å². The monoisotopic (exact) mass is 305 g/mol. The fraction of sp³-hybridized carbons (Fsp3) is 0.182. The first kappa shape index (κ1) is 16.3. The average Bonchev–Trinajstić information content (AvgIpc) is 2.40. The number of hydrogen-bond acceptors (Lipinski definition) is 3. The van der Waals surface area contributed by atoms with Crippen molar-refractivity contribution in [3.05, 3.63) is 29.6 Å². The fourth-order valence-corrected chi connectivity index (χ4v) is 1.20. The van der Waals surface area contributed by atoms with Crippen LogP contribution in [-0.2, 0) is 9.59 Å². The number of aliphatic carboxylic acids is 1. The van der Waals surface area contributed by atoms with E-state index in [0.29, 0.717) is 12.1 Å². The summed E-state index contributed by atoms with van der Waals surface area (Å²) in [5.41, 5.74) is -0.352. The highest BCUT2D eigenvalue weighted by Crippen LogP contribution is 2.16. The van der Waals surface area contributed by atoms with Crippen molar-refractivity contribution < 1.29 is 32.7 Å². The molecule has 1 rings (SSSR count). The van der Waals surface area contributed by atoms with Crippen LogP contribution in [0, 0.1) is 17.5 Å². The van der Waals surface area contributed by atoms with Gasteiger partial charge in [0.25, 0.3) is 0 Å². The Morgan fingerprint density at radius 1 is 1.00 bits per heavy atom. The smallest absolute Gasteiger partial charge is 0.322 e. The molecule has 0 atom stereocenters. The lowest BCUT2D eigenvalue weighted by atomic mass is 10.3. The highest BCUT2D eigenvalue weighted by molar-refractivity contribution is 5.92. The lowest BCUT2D eigenvalue weighted by Crippen LogP contribution is -2.40. The molecule has 0 bridgehead atoms. The molecule has 0 radical (unpaired) electrons. The maximum atomic E-state index is 12.9. The molecule has 0 fully saturated rings. The Morgan fingerprint density at radius 2 is 1.57 bits per heavy atom. The number of rotatable bonds is 5. The maximum absolute atomic E-state index is 12.9. The predicted molar refractivity (Wildman–Crippen MR) is 64.0 cm³/mol. The number of amides is 3. The second-order valence-electron chi connectivity index (χ2n) is 3.73. The number of nitrogens with one attached hydrogen (secondary N) is 3. The number of anilines is 1. The number of hydrogen-bond donors (Lipinski definition) is 4. The van der Waals surface area contributed by atoms with Crippen LogP contribution in [0.25, 0.3) is 0 Å². The molecule has 0 heterocycles. The summed E-state index contributed by atoms with van der Waals surface area (Å²) >= 11 is 0. The van der Waals surface area contributed by atoms with E-state index in [-0.39, 0.29) is 5.69 Å². The molecule has 1 aromatic rings. The summed E-state index contributed by atoms with van der Waals surface area (Å²) in [6.07, 6.45) is 0. The van der Waals surface area contributed by atoms with Crippen molar-refractivity contribution in [3.8, 4) is 0 Å². The van der Waals surface area contributed by atoms with Crippen LogP contribution in [0.4, 0.5) is 23.7 Å². The summed E-state index contributed by atoms with van der Waals surface area (Å²) in [7, 11) is 0. The molecule has 0 saturated heterocycles. The Morgan fingerprint density at radius 3 is 2.10 bits per heavy atom. The van der Waals surface area contributed by atoms with Gasteiger partial charge in [0.05, 0.1) is 6.54 Å². The van der Waals surface area contributed by atoms with Gasteiger partial charge in [-0.1, -0.05) is 0 Å². The number of carbonyl (C=O) groups is 3. The first-order valence-corrected chi connectivity index (χ1v) is 5.47. The van der Waals surface area contributed by atoms with Gasteiger partial charge in [-0.15, -0.1) is 0 Å². The Kier molecular flexibility index (Phi) is 5.52. The minimum atomic E-state index is -1.67. The van der Waals surface area contributed by atoms with Gasteiger partial charge < -0.3 is 21.1 Å². The summed E-state index contributed by atoms with van der Waals surface area (Å²) in [5, 5.41) is 14.3. The Balaban J connectivity index is 2.47. The molecular formula is C11H10F3N3O4. The quantitative estimate of drug-likeness (QED) is 0.591. The Bertz CT molecular complexity index is 557.